The zero-order chi connectivity index (χ0) is 36.9. The smallest absolute Gasteiger partial charge is 0.855 e. The molecular weight excluding hydrogens is 647 g/mol. The third-order valence-corrected chi connectivity index (χ3v) is 5.63. The molecule has 0 bridgehead atoms. The Kier molecular flexibility index (Phi) is 4.68. The molecule has 38 heavy (non-hydrogen) atoms. The predicted octanol–water partition coefficient (Wildman–Crippen LogP) is 8.31. The van der Waals surface area contributed by atoms with E-state index in [0.29, 0.717) is 22.3 Å². The number of furan rings is 1. The van der Waals surface area contributed by atoms with Crippen molar-refractivity contribution in [3.63, 3.8) is 0 Å². The van der Waals surface area contributed by atoms with Gasteiger partial charge < -0.3 is 14.8 Å². The summed E-state index contributed by atoms with van der Waals surface area (Å²) in [5.74, 6) is 0.483. The third kappa shape index (κ3) is 6.24. The van der Waals surface area contributed by atoms with Crippen LogP contribution < -0.4 is 0 Å². The zero-order valence-electron chi connectivity index (χ0n) is 32.9. The van der Waals surface area contributed by atoms with Crippen LogP contribution in [0.25, 0.3) is 38.7 Å². The maximum atomic E-state index is 10.1. The maximum absolute atomic E-state index is 10.1. The summed E-state index contributed by atoms with van der Waals surface area (Å²) in [5, 5.41) is 11.3. The fraction of sp³-hybridized carbons (Fsp3) is 0.182. The Morgan fingerprint density at radius 2 is 2.03 bits per heavy atom. The molecular formula is C33H28IrN3O. The zero-order valence-corrected chi connectivity index (χ0v) is 22.3. The Morgan fingerprint density at radius 1 is 1.16 bits per heavy atom. The van der Waals surface area contributed by atoms with E-state index in [0.717, 1.165) is 24.6 Å². The van der Waals surface area contributed by atoms with Crippen LogP contribution in [0.2, 0.25) is 0 Å². The minimum Gasteiger partial charge on any atom is -0.855 e. The van der Waals surface area contributed by atoms with Crippen molar-refractivity contribution in [1.82, 2.24) is 9.97 Å². The predicted molar refractivity (Wildman–Crippen MR) is 152 cm³/mol. The minimum atomic E-state index is -2.55. The third-order valence-electron chi connectivity index (χ3n) is 5.63. The number of aromatic nitrogens is 2. The Labute approximate surface area is 255 Å². The summed E-state index contributed by atoms with van der Waals surface area (Å²) in [6.45, 7) is -4.17. The molecule has 0 saturated heterocycles. The van der Waals surface area contributed by atoms with Crippen LogP contribution in [0, 0.1) is 25.8 Å². The summed E-state index contributed by atoms with van der Waals surface area (Å²) >= 11 is 0. The van der Waals surface area contributed by atoms with E-state index in [-0.39, 0.29) is 60.0 Å². The Hall–Kier alpha value is -3.66. The standard InChI is InChI=1S/C18H13N2O.C15H15N.Ir/c1-11-6-9-16(19-10-11)15-5-3-4-13-14-8-7-12(2)20-18(14)21-17(13)15;1-11(2)6-9-15(16)14-5-3-4-13(10-14)12-7-8-12;/h3-4,6-10H,1-2H3;3-4,6,9-10,12H,1,7-8H2,2H3;/q-1;-2;+3/b;9-6-;/i1D3,2D3,6D,9D;2D3,6D,9D;. The summed E-state index contributed by atoms with van der Waals surface area (Å²) in [6, 6.07) is 15.4. The number of hydrogen-bond donors (Lipinski definition) is 0. The molecule has 1 fully saturated rings. The first kappa shape index (κ1) is 15.1. The van der Waals surface area contributed by atoms with Crippen LogP contribution in [-0.4, -0.2) is 15.7 Å². The van der Waals surface area contributed by atoms with Crippen LogP contribution >= 0.6 is 0 Å². The van der Waals surface area contributed by atoms with Gasteiger partial charge >= 0.3 is 20.1 Å². The quantitative estimate of drug-likeness (QED) is 0.106. The molecule has 1 aliphatic carbocycles. The first-order valence-electron chi connectivity index (χ1n) is 17.9. The Bertz CT molecular complexity index is 2180. The van der Waals surface area contributed by atoms with Crippen molar-refractivity contribution >= 4 is 27.8 Å². The van der Waals surface area contributed by atoms with Crippen LogP contribution in [-0.2, 0) is 20.1 Å². The van der Waals surface area contributed by atoms with Crippen molar-refractivity contribution in [3.8, 4) is 11.3 Å². The summed E-state index contributed by atoms with van der Waals surface area (Å²) in [5.41, 5.74) is 0.736. The molecule has 1 saturated carbocycles. The molecule has 0 unspecified atom stereocenters. The molecule has 5 aromatic rings. The SMILES string of the molecule is [2H]/C(C(=C)C([2H])([2H])[2H])=C(\[2H])C(=[N-])c1[c-]ccc(C2CC2)c1.[2H]c1c(C([2H])([2H])[2H])cnc(-c2[c-]ccc3c2oc2nc(C([2H])([2H])[2H])ccc23)c1[2H].[Ir+3]. The van der Waals surface area contributed by atoms with E-state index in [1.165, 1.54) is 6.07 Å². The van der Waals surface area contributed by atoms with Gasteiger partial charge in [0, 0.05) is 31.0 Å². The largest absolute Gasteiger partial charge is 3.00 e. The molecule has 2 aromatic carbocycles. The number of allylic oxidation sites excluding steroid dienone is 3. The molecule has 1 aliphatic rings. The summed E-state index contributed by atoms with van der Waals surface area (Å²) in [7, 11) is 0. The topological polar surface area (TPSA) is 61.2 Å². The second-order valence-corrected chi connectivity index (χ2v) is 8.40. The van der Waals surface area contributed by atoms with Crippen LogP contribution in [0.5, 0.6) is 0 Å². The number of nitrogens with zero attached hydrogens (tertiary/aromatic N) is 3. The van der Waals surface area contributed by atoms with Crippen molar-refractivity contribution in [2.45, 2.75) is 39.3 Å². The number of rotatable bonds is 5. The number of fused-ring (bicyclic) bond motifs is 3. The van der Waals surface area contributed by atoms with E-state index in [1.54, 1.807) is 30.3 Å². The van der Waals surface area contributed by atoms with E-state index in [1.807, 2.05) is 6.07 Å². The monoisotopic (exact) mass is 688 g/mol. The van der Waals surface area contributed by atoms with Gasteiger partial charge in [-0.2, -0.15) is 5.56 Å². The van der Waals surface area contributed by atoms with Gasteiger partial charge in [-0.3, -0.25) is 0 Å². The number of aryl methyl sites for hydroxylation is 2. The maximum Gasteiger partial charge on any atom is 3.00 e. The molecule has 0 aliphatic heterocycles. The summed E-state index contributed by atoms with van der Waals surface area (Å²) < 4.78 is 104. The molecule has 0 spiro atoms. The number of benzene rings is 2. The van der Waals surface area contributed by atoms with Crippen LogP contribution in [0.1, 0.15) is 65.8 Å². The van der Waals surface area contributed by atoms with Gasteiger partial charge in [-0.05, 0) is 62.7 Å². The van der Waals surface area contributed by atoms with Crippen molar-refractivity contribution in [2.24, 2.45) is 0 Å². The van der Waals surface area contributed by atoms with Gasteiger partial charge in [-0.15, -0.1) is 54.1 Å². The van der Waals surface area contributed by atoms with Gasteiger partial charge in [0.2, 0.25) is 5.71 Å². The second kappa shape index (κ2) is 11.8. The van der Waals surface area contributed by atoms with E-state index < -0.39 is 50.0 Å². The van der Waals surface area contributed by atoms with Crippen molar-refractivity contribution in [3.05, 3.63) is 125 Å². The van der Waals surface area contributed by atoms with Gasteiger partial charge in [0.25, 0.3) is 0 Å². The van der Waals surface area contributed by atoms with E-state index in [9.17, 15) is 5.41 Å². The molecule has 0 amide bonds. The fourth-order valence-corrected chi connectivity index (χ4v) is 3.74. The molecule has 0 N–H and O–H groups in total. The molecule has 3 aromatic heterocycles. The first-order chi connectivity index (χ1) is 23.2. The average Bonchev–Trinajstić information content (AvgIpc) is 3.83. The van der Waals surface area contributed by atoms with Gasteiger partial charge in [-0.25, -0.2) is 10.7 Å². The molecule has 190 valence electrons. The van der Waals surface area contributed by atoms with E-state index >= 15 is 0 Å². The van der Waals surface area contributed by atoms with Crippen molar-refractivity contribution in [1.29, 1.82) is 0 Å². The number of hydrogen-bond acceptors (Lipinski definition) is 3. The minimum absolute atomic E-state index is 0. The van der Waals surface area contributed by atoms with E-state index in [2.05, 4.69) is 28.7 Å². The second-order valence-electron chi connectivity index (χ2n) is 8.40. The van der Waals surface area contributed by atoms with Gasteiger partial charge in [0.15, 0.2) is 0 Å². The molecule has 4 nitrogen and oxygen atoms in total. The average molecular weight is 688 g/mol. The first-order valence-corrected chi connectivity index (χ1v) is 11.4. The molecule has 5 heteroatoms. The van der Waals surface area contributed by atoms with Crippen molar-refractivity contribution < 1.29 is 42.3 Å². The summed E-state index contributed by atoms with van der Waals surface area (Å²) in [6.07, 6.45) is 3.27. The van der Waals surface area contributed by atoms with Crippen molar-refractivity contribution in [2.75, 3.05) is 0 Å². The van der Waals surface area contributed by atoms with Crippen LogP contribution in [0.3, 0.4) is 0 Å². The normalized spacial score (nSPS) is 19.2. The van der Waals surface area contributed by atoms with E-state index in [4.69, 9.17) is 22.2 Å². The molecule has 3 heterocycles. The van der Waals surface area contributed by atoms with Gasteiger partial charge in [-0.1, -0.05) is 41.2 Å². The van der Waals surface area contributed by atoms with Crippen LogP contribution in [0.15, 0.2) is 89.4 Å². The van der Waals surface area contributed by atoms with Gasteiger partial charge in [0.05, 0.1) is 9.70 Å². The van der Waals surface area contributed by atoms with Gasteiger partial charge in [0.1, 0.15) is 0 Å². The summed E-state index contributed by atoms with van der Waals surface area (Å²) in [4.78, 5) is 8.17. The molecule has 0 atom stereocenters. The Balaban J connectivity index is 0.000000236. The molecule has 0 radical (unpaired) electrons. The molecule has 6 rings (SSSR count). The Morgan fingerprint density at radius 3 is 2.82 bits per heavy atom. The number of pyridine rings is 2. The van der Waals surface area contributed by atoms with Crippen LogP contribution in [0.4, 0.5) is 0 Å². The fourth-order valence-electron chi connectivity index (χ4n) is 3.74.